The van der Waals surface area contributed by atoms with E-state index in [9.17, 15) is 4.79 Å². The van der Waals surface area contributed by atoms with Crippen molar-refractivity contribution in [2.45, 2.75) is 37.5 Å². The van der Waals surface area contributed by atoms with Crippen LogP contribution in [0, 0.1) is 5.92 Å². The molecule has 6 heteroatoms. The summed E-state index contributed by atoms with van der Waals surface area (Å²) in [4.78, 5) is 14.9. The molecule has 0 spiro atoms. The van der Waals surface area contributed by atoms with Crippen LogP contribution in [0.25, 0.3) is 0 Å². The predicted molar refractivity (Wildman–Crippen MR) is 78.7 cm³/mol. The van der Waals surface area contributed by atoms with Crippen molar-refractivity contribution in [3.63, 3.8) is 0 Å². The maximum absolute atomic E-state index is 12.8. The van der Waals surface area contributed by atoms with Crippen molar-refractivity contribution in [1.29, 1.82) is 0 Å². The van der Waals surface area contributed by atoms with Gasteiger partial charge in [0, 0.05) is 31.0 Å². The minimum absolute atomic E-state index is 0.149. The van der Waals surface area contributed by atoms with Crippen LogP contribution in [0.2, 0.25) is 0 Å². The second-order valence-electron chi connectivity index (χ2n) is 5.95. The van der Waals surface area contributed by atoms with Gasteiger partial charge in [-0.25, -0.2) is 0 Å². The standard InChI is InChI=1S/C14H24N2O3S/c15-13-8-18-7-12(13)14(17)16(10-3-5-20-9-10)6-11-2-1-4-19-11/h10-13H,1-9,15H2. The van der Waals surface area contributed by atoms with E-state index in [2.05, 4.69) is 4.90 Å². The van der Waals surface area contributed by atoms with Crippen molar-refractivity contribution in [2.24, 2.45) is 11.7 Å². The first-order valence-electron chi connectivity index (χ1n) is 7.59. The summed E-state index contributed by atoms with van der Waals surface area (Å²) in [6.07, 6.45) is 3.48. The van der Waals surface area contributed by atoms with Crippen molar-refractivity contribution >= 4 is 17.7 Å². The Morgan fingerprint density at radius 3 is 2.85 bits per heavy atom. The van der Waals surface area contributed by atoms with E-state index in [1.807, 2.05) is 11.8 Å². The molecule has 2 N–H and O–H groups in total. The lowest BCUT2D eigenvalue weighted by molar-refractivity contribution is -0.139. The molecule has 0 aromatic carbocycles. The molecular formula is C14H24N2O3S. The van der Waals surface area contributed by atoms with Crippen molar-refractivity contribution in [1.82, 2.24) is 4.90 Å². The molecule has 3 aliphatic rings. The highest BCUT2D eigenvalue weighted by Gasteiger charge is 2.38. The lowest BCUT2D eigenvalue weighted by Gasteiger charge is -2.33. The molecule has 0 aromatic heterocycles. The molecule has 4 unspecified atom stereocenters. The normalized spacial score (nSPS) is 37.5. The van der Waals surface area contributed by atoms with Gasteiger partial charge in [0.2, 0.25) is 5.91 Å². The summed E-state index contributed by atoms with van der Waals surface area (Å²) < 4.78 is 11.1. The Kier molecular flexibility index (Phi) is 4.86. The van der Waals surface area contributed by atoms with Crippen molar-refractivity contribution in [3.8, 4) is 0 Å². The molecule has 0 aromatic rings. The maximum Gasteiger partial charge on any atom is 0.230 e. The molecule has 3 fully saturated rings. The average Bonchev–Trinajstić information content (AvgIpc) is 3.17. The third-order valence-electron chi connectivity index (χ3n) is 4.50. The zero-order valence-electron chi connectivity index (χ0n) is 11.8. The summed E-state index contributed by atoms with van der Waals surface area (Å²) in [7, 11) is 0. The van der Waals surface area contributed by atoms with Crippen molar-refractivity contribution in [2.75, 3.05) is 37.9 Å². The van der Waals surface area contributed by atoms with Gasteiger partial charge < -0.3 is 20.1 Å². The number of hydrogen-bond acceptors (Lipinski definition) is 5. The number of amides is 1. The number of hydrogen-bond donors (Lipinski definition) is 1. The molecule has 0 bridgehead atoms. The molecule has 3 aliphatic heterocycles. The molecule has 3 heterocycles. The fraction of sp³-hybridized carbons (Fsp3) is 0.929. The Balaban J connectivity index is 1.68. The molecule has 1 amide bonds. The molecule has 0 aliphatic carbocycles. The van der Waals surface area contributed by atoms with Crippen LogP contribution in [0.5, 0.6) is 0 Å². The highest BCUT2D eigenvalue weighted by atomic mass is 32.2. The van der Waals surface area contributed by atoms with E-state index in [1.54, 1.807) is 0 Å². The lowest BCUT2D eigenvalue weighted by atomic mass is 10.0. The molecule has 5 nitrogen and oxygen atoms in total. The van der Waals surface area contributed by atoms with Crippen LogP contribution in [-0.4, -0.2) is 66.9 Å². The van der Waals surface area contributed by atoms with Gasteiger partial charge in [0.15, 0.2) is 0 Å². The Hall–Kier alpha value is -0.300. The van der Waals surface area contributed by atoms with Crippen LogP contribution >= 0.6 is 11.8 Å². The van der Waals surface area contributed by atoms with Gasteiger partial charge in [0.25, 0.3) is 0 Å². The number of nitrogens with zero attached hydrogens (tertiary/aromatic N) is 1. The number of ether oxygens (including phenoxy) is 2. The number of nitrogens with two attached hydrogens (primary N) is 1. The van der Waals surface area contributed by atoms with Gasteiger partial charge in [0.05, 0.1) is 25.2 Å². The zero-order valence-corrected chi connectivity index (χ0v) is 12.6. The summed E-state index contributed by atoms with van der Waals surface area (Å²) in [5.74, 6) is 2.20. The minimum atomic E-state index is -0.165. The summed E-state index contributed by atoms with van der Waals surface area (Å²) in [6, 6.07) is 0.202. The maximum atomic E-state index is 12.8. The van der Waals surface area contributed by atoms with E-state index in [1.165, 1.54) is 0 Å². The lowest BCUT2D eigenvalue weighted by Crippen LogP contribution is -2.50. The second-order valence-corrected chi connectivity index (χ2v) is 7.10. The van der Waals surface area contributed by atoms with Crippen LogP contribution < -0.4 is 5.73 Å². The third-order valence-corrected chi connectivity index (χ3v) is 5.64. The largest absolute Gasteiger partial charge is 0.379 e. The van der Waals surface area contributed by atoms with Crippen LogP contribution in [0.15, 0.2) is 0 Å². The SMILES string of the molecule is NC1COCC1C(=O)N(CC1CCCO1)C1CCSC1. The van der Waals surface area contributed by atoms with Gasteiger partial charge >= 0.3 is 0 Å². The van der Waals surface area contributed by atoms with Crippen LogP contribution in [-0.2, 0) is 14.3 Å². The Morgan fingerprint density at radius 2 is 2.25 bits per heavy atom. The average molecular weight is 300 g/mol. The smallest absolute Gasteiger partial charge is 0.230 e. The van der Waals surface area contributed by atoms with Crippen molar-refractivity contribution < 1.29 is 14.3 Å². The quantitative estimate of drug-likeness (QED) is 0.818. The van der Waals surface area contributed by atoms with Gasteiger partial charge in [0.1, 0.15) is 0 Å². The van der Waals surface area contributed by atoms with Gasteiger partial charge in [-0.05, 0) is 25.0 Å². The van der Waals surface area contributed by atoms with E-state index in [4.69, 9.17) is 15.2 Å². The predicted octanol–water partition coefficient (Wildman–Crippen LogP) is 0.473. The van der Waals surface area contributed by atoms with Gasteiger partial charge in [-0.1, -0.05) is 0 Å². The number of thioether (sulfide) groups is 1. The number of carbonyl (C=O) groups is 1. The van der Waals surface area contributed by atoms with Gasteiger partial charge in [-0.2, -0.15) is 11.8 Å². The first-order chi connectivity index (χ1) is 9.75. The molecule has 20 heavy (non-hydrogen) atoms. The van der Waals surface area contributed by atoms with Crippen molar-refractivity contribution in [3.05, 3.63) is 0 Å². The summed E-state index contributed by atoms with van der Waals surface area (Å²) >= 11 is 1.93. The van der Waals surface area contributed by atoms with E-state index in [-0.39, 0.29) is 24.0 Å². The number of rotatable bonds is 4. The van der Waals surface area contributed by atoms with Gasteiger partial charge in [-0.3, -0.25) is 4.79 Å². The molecule has 0 radical (unpaired) electrons. The first kappa shape index (κ1) is 14.6. The van der Waals surface area contributed by atoms with E-state index in [0.717, 1.165) is 43.9 Å². The highest BCUT2D eigenvalue weighted by molar-refractivity contribution is 7.99. The Bertz CT molecular complexity index is 343. The van der Waals surface area contributed by atoms with Crippen LogP contribution in [0.3, 0.4) is 0 Å². The molecule has 114 valence electrons. The summed E-state index contributed by atoms with van der Waals surface area (Å²) in [5.41, 5.74) is 6.02. The summed E-state index contributed by atoms with van der Waals surface area (Å²) in [5, 5.41) is 0. The molecule has 3 saturated heterocycles. The molecule has 3 rings (SSSR count). The Labute approximate surface area is 124 Å². The molecule has 0 saturated carbocycles. The van der Waals surface area contributed by atoms with E-state index in [0.29, 0.717) is 19.3 Å². The van der Waals surface area contributed by atoms with E-state index >= 15 is 0 Å². The molecular weight excluding hydrogens is 276 g/mol. The van der Waals surface area contributed by atoms with Crippen LogP contribution in [0.1, 0.15) is 19.3 Å². The summed E-state index contributed by atoms with van der Waals surface area (Å²) in [6.45, 7) is 2.54. The minimum Gasteiger partial charge on any atom is -0.379 e. The monoisotopic (exact) mass is 300 g/mol. The first-order valence-corrected chi connectivity index (χ1v) is 8.74. The van der Waals surface area contributed by atoms with Crippen LogP contribution in [0.4, 0.5) is 0 Å². The molecule has 4 atom stereocenters. The highest BCUT2D eigenvalue weighted by Crippen LogP contribution is 2.27. The second kappa shape index (κ2) is 6.64. The number of carbonyl (C=O) groups excluding carboxylic acids is 1. The fourth-order valence-electron chi connectivity index (χ4n) is 3.23. The van der Waals surface area contributed by atoms with Gasteiger partial charge in [-0.15, -0.1) is 0 Å². The topological polar surface area (TPSA) is 64.8 Å². The van der Waals surface area contributed by atoms with E-state index < -0.39 is 0 Å². The zero-order chi connectivity index (χ0) is 13.9. The Morgan fingerprint density at radius 1 is 1.35 bits per heavy atom. The third kappa shape index (κ3) is 3.13. The fourth-order valence-corrected chi connectivity index (χ4v) is 4.46.